The van der Waals surface area contributed by atoms with Gasteiger partial charge in [-0.1, -0.05) is 30.5 Å². The van der Waals surface area contributed by atoms with Crippen LogP contribution < -0.4 is 5.32 Å². The number of amides is 2. The summed E-state index contributed by atoms with van der Waals surface area (Å²) in [6.45, 7) is 4.47. The van der Waals surface area contributed by atoms with Crippen LogP contribution >= 0.6 is 0 Å². The van der Waals surface area contributed by atoms with Crippen molar-refractivity contribution in [3.8, 4) is 0 Å². The van der Waals surface area contributed by atoms with Gasteiger partial charge in [0.1, 0.15) is 0 Å². The first kappa shape index (κ1) is 18.9. The first-order valence-corrected chi connectivity index (χ1v) is 10.2. The molecule has 1 heterocycles. The second-order valence-corrected chi connectivity index (χ2v) is 8.09. The van der Waals surface area contributed by atoms with Crippen LogP contribution in [-0.4, -0.2) is 36.3 Å². The van der Waals surface area contributed by atoms with Crippen LogP contribution in [0.1, 0.15) is 67.3 Å². The van der Waals surface area contributed by atoms with Gasteiger partial charge in [0, 0.05) is 31.6 Å². The molecule has 0 spiro atoms. The van der Waals surface area contributed by atoms with Gasteiger partial charge in [-0.25, -0.2) is 0 Å². The van der Waals surface area contributed by atoms with E-state index in [1.165, 1.54) is 31.2 Å². The number of nitrogens with zero attached hydrogens (tertiary/aromatic N) is 1. The van der Waals surface area contributed by atoms with E-state index in [-0.39, 0.29) is 11.8 Å². The third kappa shape index (κ3) is 5.33. The number of carbonyl (C=O) groups is 2. The molecule has 0 radical (unpaired) electrons. The maximum absolute atomic E-state index is 12.6. The molecule has 4 heteroatoms. The van der Waals surface area contributed by atoms with Gasteiger partial charge in [0.2, 0.25) is 5.91 Å². The van der Waals surface area contributed by atoms with Gasteiger partial charge in [-0.3, -0.25) is 9.59 Å². The molecule has 1 saturated carbocycles. The van der Waals surface area contributed by atoms with Crippen LogP contribution in [0.3, 0.4) is 0 Å². The highest BCUT2D eigenvalue weighted by Gasteiger charge is 2.24. The molecule has 2 fully saturated rings. The van der Waals surface area contributed by atoms with Crippen LogP contribution in [0.5, 0.6) is 0 Å². The summed E-state index contributed by atoms with van der Waals surface area (Å²) >= 11 is 0. The summed E-state index contributed by atoms with van der Waals surface area (Å²) in [6.07, 6.45) is 8.84. The van der Waals surface area contributed by atoms with Gasteiger partial charge in [-0.15, -0.1) is 0 Å². The van der Waals surface area contributed by atoms with Crippen molar-refractivity contribution in [1.29, 1.82) is 0 Å². The minimum atomic E-state index is 0.147. The Labute approximate surface area is 157 Å². The number of nitrogens with one attached hydrogen (secondary N) is 1. The van der Waals surface area contributed by atoms with E-state index in [0.29, 0.717) is 18.3 Å². The quantitative estimate of drug-likeness (QED) is 0.839. The third-order valence-electron chi connectivity index (χ3n) is 6.02. The standard InChI is InChI=1S/C22H32N2O2/c1-17-6-8-20(9-7-17)22(26)24-14-11-18(12-15-24)10-13-23-21(25)16-19-4-2-3-5-19/h6-9,18-19H,2-5,10-16H2,1H3,(H,23,25). The maximum atomic E-state index is 12.6. The number of aryl methyl sites for hydroxylation is 1. The lowest BCUT2D eigenvalue weighted by atomic mass is 9.93. The number of carbonyl (C=O) groups excluding carboxylic acids is 2. The summed E-state index contributed by atoms with van der Waals surface area (Å²) in [4.78, 5) is 26.5. The molecule has 4 nitrogen and oxygen atoms in total. The number of likely N-dealkylation sites (tertiary alicyclic amines) is 1. The molecule has 3 rings (SSSR count). The van der Waals surface area contributed by atoms with Crippen LogP contribution in [-0.2, 0) is 4.79 Å². The molecule has 0 unspecified atom stereocenters. The van der Waals surface area contributed by atoms with E-state index >= 15 is 0 Å². The summed E-state index contributed by atoms with van der Waals surface area (Å²) in [5, 5.41) is 3.10. The molecule has 2 aliphatic rings. The Bertz CT molecular complexity index is 597. The fourth-order valence-electron chi connectivity index (χ4n) is 4.27. The average molecular weight is 357 g/mol. The molecular formula is C22H32N2O2. The lowest BCUT2D eigenvalue weighted by Crippen LogP contribution is -2.39. The van der Waals surface area contributed by atoms with E-state index in [2.05, 4.69) is 5.32 Å². The van der Waals surface area contributed by atoms with Gasteiger partial charge >= 0.3 is 0 Å². The van der Waals surface area contributed by atoms with Crippen molar-refractivity contribution in [3.05, 3.63) is 35.4 Å². The second-order valence-electron chi connectivity index (χ2n) is 8.09. The Morgan fingerprint density at radius 2 is 1.65 bits per heavy atom. The monoisotopic (exact) mass is 356 g/mol. The van der Waals surface area contributed by atoms with Gasteiger partial charge in [0.25, 0.3) is 5.91 Å². The fraction of sp³-hybridized carbons (Fsp3) is 0.636. The minimum Gasteiger partial charge on any atom is -0.356 e. The first-order valence-electron chi connectivity index (χ1n) is 10.2. The lowest BCUT2D eigenvalue weighted by Gasteiger charge is -2.32. The van der Waals surface area contributed by atoms with Crippen molar-refractivity contribution in [1.82, 2.24) is 10.2 Å². The van der Waals surface area contributed by atoms with E-state index in [0.717, 1.165) is 44.5 Å². The predicted octanol–water partition coefficient (Wildman–Crippen LogP) is 3.93. The third-order valence-corrected chi connectivity index (χ3v) is 6.02. The highest BCUT2D eigenvalue weighted by molar-refractivity contribution is 5.94. The average Bonchev–Trinajstić information content (AvgIpc) is 3.15. The molecule has 1 aliphatic heterocycles. The van der Waals surface area contributed by atoms with E-state index in [4.69, 9.17) is 0 Å². The minimum absolute atomic E-state index is 0.147. The zero-order chi connectivity index (χ0) is 18.4. The molecule has 0 bridgehead atoms. The van der Waals surface area contributed by atoms with Crippen LogP contribution in [0.2, 0.25) is 0 Å². The van der Waals surface area contributed by atoms with Crippen molar-refractivity contribution in [3.63, 3.8) is 0 Å². The Kier molecular flexibility index (Phi) is 6.70. The second kappa shape index (κ2) is 9.20. The normalized spacial score (nSPS) is 18.9. The van der Waals surface area contributed by atoms with Gasteiger partial charge < -0.3 is 10.2 Å². The molecule has 26 heavy (non-hydrogen) atoms. The maximum Gasteiger partial charge on any atom is 0.253 e. The number of benzene rings is 1. The van der Waals surface area contributed by atoms with E-state index in [1.807, 2.05) is 36.1 Å². The SMILES string of the molecule is Cc1ccc(C(=O)N2CCC(CCNC(=O)CC3CCCC3)CC2)cc1. The molecular weight excluding hydrogens is 324 g/mol. The van der Waals surface area contributed by atoms with Crippen LogP contribution in [0.4, 0.5) is 0 Å². The molecule has 142 valence electrons. The van der Waals surface area contributed by atoms with Crippen molar-refractivity contribution in [2.24, 2.45) is 11.8 Å². The summed E-state index contributed by atoms with van der Waals surface area (Å²) in [7, 11) is 0. The fourth-order valence-corrected chi connectivity index (χ4v) is 4.27. The lowest BCUT2D eigenvalue weighted by molar-refractivity contribution is -0.122. The first-order chi connectivity index (χ1) is 12.6. The molecule has 2 amide bonds. The number of piperidine rings is 1. The Morgan fingerprint density at radius 3 is 2.31 bits per heavy atom. The zero-order valence-electron chi connectivity index (χ0n) is 16.0. The van der Waals surface area contributed by atoms with E-state index < -0.39 is 0 Å². The van der Waals surface area contributed by atoms with Crippen LogP contribution in [0.25, 0.3) is 0 Å². The highest BCUT2D eigenvalue weighted by Crippen LogP contribution is 2.27. The van der Waals surface area contributed by atoms with Gasteiger partial charge in [0.15, 0.2) is 0 Å². The van der Waals surface area contributed by atoms with Gasteiger partial charge in [-0.05, 0) is 63.0 Å². The molecule has 1 aromatic carbocycles. The van der Waals surface area contributed by atoms with Crippen LogP contribution in [0.15, 0.2) is 24.3 Å². The summed E-state index contributed by atoms with van der Waals surface area (Å²) in [6, 6.07) is 7.83. The van der Waals surface area contributed by atoms with E-state index in [1.54, 1.807) is 0 Å². The number of rotatable bonds is 6. The molecule has 1 saturated heterocycles. The predicted molar refractivity (Wildman–Crippen MR) is 104 cm³/mol. The largest absolute Gasteiger partial charge is 0.356 e. The molecule has 1 aromatic rings. The summed E-state index contributed by atoms with van der Waals surface area (Å²) in [5.41, 5.74) is 1.96. The highest BCUT2D eigenvalue weighted by atomic mass is 16.2. The van der Waals surface area contributed by atoms with Crippen molar-refractivity contribution in [2.75, 3.05) is 19.6 Å². The van der Waals surface area contributed by atoms with E-state index in [9.17, 15) is 9.59 Å². The van der Waals surface area contributed by atoms with Crippen molar-refractivity contribution >= 4 is 11.8 Å². The summed E-state index contributed by atoms with van der Waals surface area (Å²) < 4.78 is 0. The Balaban J connectivity index is 1.34. The topological polar surface area (TPSA) is 49.4 Å². The smallest absolute Gasteiger partial charge is 0.253 e. The van der Waals surface area contributed by atoms with Gasteiger partial charge in [0.05, 0.1) is 0 Å². The van der Waals surface area contributed by atoms with Crippen LogP contribution in [0, 0.1) is 18.8 Å². The number of hydrogen-bond donors (Lipinski definition) is 1. The Hall–Kier alpha value is -1.84. The molecule has 1 aliphatic carbocycles. The molecule has 0 aromatic heterocycles. The zero-order valence-corrected chi connectivity index (χ0v) is 16.0. The molecule has 0 atom stereocenters. The van der Waals surface area contributed by atoms with Crippen molar-refractivity contribution < 1.29 is 9.59 Å². The number of hydrogen-bond acceptors (Lipinski definition) is 2. The summed E-state index contributed by atoms with van der Waals surface area (Å²) in [5.74, 6) is 1.60. The molecule has 1 N–H and O–H groups in total. The van der Waals surface area contributed by atoms with Gasteiger partial charge in [-0.2, -0.15) is 0 Å². The Morgan fingerprint density at radius 1 is 1.00 bits per heavy atom. The van der Waals surface area contributed by atoms with Crippen molar-refractivity contribution in [2.45, 2.75) is 58.3 Å².